The molecular weight excluding hydrogens is 302 g/mol. The van der Waals surface area contributed by atoms with Crippen molar-refractivity contribution in [3.8, 4) is 0 Å². The van der Waals surface area contributed by atoms with Gasteiger partial charge in [-0.05, 0) is 41.2 Å². The summed E-state index contributed by atoms with van der Waals surface area (Å²) in [6.45, 7) is 2.86. The van der Waals surface area contributed by atoms with Crippen LogP contribution in [0.2, 0.25) is 0 Å². The summed E-state index contributed by atoms with van der Waals surface area (Å²) < 4.78 is 26.5. The number of hydrogen-bond acceptors (Lipinski definition) is 4. The number of carbonyl (C=O) groups is 1. The minimum Gasteiger partial charge on any atom is -0.298 e. The van der Waals surface area contributed by atoms with Crippen LogP contribution in [0.5, 0.6) is 0 Å². The van der Waals surface area contributed by atoms with Crippen LogP contribution >= 0.6 is 27.3 Å². The molecule has 1 unspecified atom stereocenters. The van der Waals surface area contributed by atoms with Gasteiger partial charge in [-0.2, -0.15) is 0 Å². The molecule has 0 aliphatic carbocycles. The zero-order valence-electron chi connectivity index (χ0n) is 8.15. The van der Waals surface area contributed by atoms with Crippen LogP contribution in [0.4, 0.5) is 0 Å². The lowest BCUT2D eigenvalue weighted by molar-refractivity contribution is -0.118. The Morgan fingerprint density at radius 1 is 1.60 bits per heavy atom. The monoisotopic (exact) mass is 311 g/mol. The van der Waals surface area contributed by atoms with Gasteiger partial charge in [0.05, 0.1) is 6.04 Å². The number of Topliss-reactive ketones (excluding diaryl/α,β-unsaturated/α-hetero) is 1. The Balaban J connectivity index is 2.96. The lowest BCUT2D eigenvalue weighted by atomic mass is 10.3. The molecule has 0 bridgehead atoms. The minimum atomic E-state index is -3.59. The fraction of sp³-hybridized carbons (Fsp3) is 0.375. The van der Waals surface area contributed by atoms with Crippen LogP contribution in [0.1, 0.15) is 13.8 Å². The first-order valence-corrected chi connectivity index (χ1v) is 7.26. The first-order chi connectivity index (χ1) is 6.84. The molecule has 0 amide bonds. The third kappa shape index (κ3) is 3.10. The van der Waals surface area contributed by atoms with Gasteiger partial charge in [-0.3, -0.25) is 4.79 Å². The first kappa shape index (κ1) is 12.8. The zero-order chi connectivity index (χ0) is 11.6. The van der Waals surface area contributed by atoms with E-state index in [0.717, 1.165) is 11.3 Å². The van der Waals surface area contributed by atoms with Crippen molar-refractivity contribution in [2.45, 2.75) is 24.1 Å². The molecule has 7 heteroatoms. The maximum atomic E-state index is 11.7. The Morgan fingerprint density at radius 3 is 2.60 bits per heavy atom. The molecule has 1 aromatic rings. The van der Waals surface area contributed by atoms with Gasteiger partial charge in [0.25, 0.3) is 10.0 Å². The largest absolute Gasteiger partial charge is 0.298 e. The fourth-order valence-electron chi connectivity index (χ4n) is 0.841. The van der Waals surface area contributed by atoms with Crippen molar-refractivity contribution in [3.63, 3.8) is 0 Å². The second kappa shape index (κ2) is 4.73. The number of halogens is 1. The Kier molecular flexibility index (Phi) is 4.05. The number of carbonyl (C=O) groups excluding carboxylic acids is 1. The van der Waals surface area contributed by atoms with Crippen LogP contribution < -0.4 is 4.72 Å². The molecule has 1 aromatic heterocycles. The Hall–Kier alpha value is -0.240. The van der Waals surface area contributed by atoms with E-state index in [0.29, 0.717) is 4.47 Å². The van der Waals surface area contributed by atoms with E-state index in [-0.39, 0.29) is 9.99 Å². The molecule has 0 fully saturated rings. The van der Waals surface area contributed by atoms with Gasteiger partial charge >= 0.3 is 0 Å². The molecule has 1 atom stereocenters. The average molecular weight is 312 g/mol. The highest BCUT2D eigenvalue weighted by Gasteiger charge is 2.22. The lowest BCUT2D eigenvalue weighted by Crippen LogP contribution is -2.36. The van der Waals surface area contributed by atoms with Gasteiger partial charge in [0.15, 0.2) is 0 Å². The van der Waals surface area contributed by atoms with E-state index < -0.39 is 16.1 Å². The number of rotatable bonds is 4. The van der Waals surface area contributed by atoms with Gasteiger partial charge in [-0.25, -0.2) is 13.1 Å². The van der Waals surface area contributed by atoms with E-state index in [1.54, 1.807) is 11.4 Å². The second-order valence-electron chi connectivity index (χ2n) is 3.01. The number of sulfonamides is 1. The van der Waals surface area contributed by atoms with Gasteiger partial charge in [0.2, 0.25) is 0 Å². The van der Waals surface area contributed by atoms with Crippen LogP contribution in [-0.2, 0) is 14.8 Å². The molecule has 0 saturated heterocycles. The first-order valence-electron chi connectivity index (χ1n) is 4.10. The van der Waals surface area contributed by atoms with Gasteiger partial charge in [-0.1, -0.05) is 0 Å². The molecule has 0 aliphatic rings. The van der Waals surface area contributed by atoms with Gasteiger partial charge in [0, 0.05) is 4.47 Å². The summed E-state index contributed by atoms with van der Waals surface area (Å²) >= 11 is 4.24. The summed E-state index contributed by atoms with van der Waals surface area (Å²) in [4.78, 5) is 10.9. The Morgan fingerprint density at radius 2 is 2.20 bits per heavy atom. The fourth-order valence-corrected chi connectivity index (χ4v) is 4.46. The third-order valence-corrected chi connectivity index (χ3v) is 5.98. The van der Waals surface area contributed by atoms with Crippen LogP contribution in [0.15, 0.2) is 20.1 Å². The van der Waals surface area contributed by atoms with E-state index >= 15 is 0 Å². The predicted molar refractivity (Wildman–Crippen MR) is 62.5 cm³/mol. The number of hydrogen-bond donors (Lipinski definition) is 1. The summed E-state index contributed by atoms with van der Waals surface area (Å²) in [6, 6.07) is 0.946. The van der Waals surface area contributed by atoms with Crippen molar-refractivity contribution in [1.29, 1.82) is 0 Å². The van der Waals surface area contributed by atoms with Gasteiger partial charge in [-0.15, -0.1) is 11.3 Å². The maximum absolute atomic E-state index is 11.7. The van der Waals surface area contributed by atoms with Crippen LogP contribution in [0.3, 0.4) is 0 Å². The Bertz CT molecular complexity index is 466. The van der Waals surface area contributed by atoms with E-state index in [1.165, 1.54) is 13.8 Å². The van der Waals surface area contributed by atoms with E-state index in [4.69, 9.17) is 0 Å². The molecule has 1 heterocycles. The summed E-state index contributed by atoms with van der Waals surface area (Å²) in [5.41, 5.74) is 0. The molecule has 1 N–H and O–H groups in total. The average Bonchev–Trinajstić information content (AvgIpc) is 2.50. The highest BCUT2D eigenvalue weighted by atomic mass is 79.9. The van der Waals surface area contributed by atoms with Crippen LogP contribution in [-0.4, -0.2) is 20.2 Å². The highest BCUT2D eigenvalue weighted by Crippen LogP contribution is 2.27. The smallest absolute Gasteiger partial charge is 0.251 e. The SMILES string of the molecule is CC(=O)C(C)NS(=O)(=O)c1sccc1Br. The van der Waals surface area contributed by atoms with Crippen molar-refractivity contribution in [1.82, 2.24) is 4.72 Å². The van der Waals surface area contributed by atoms with E-state index in [2.05, 4.69) is 20.7 Å². The molecule has 0 saturated carbocycles. The molecule has 15 heavy (non-hydrogen) atoms. The van der Waals surface area contributed by atoms with Crippen molar-refractivity contribution >= 4 is 43.1 Å². The van der Waals surface area contributed by atoms with E-state index in [1.807, 2.05) is 0 Å². The molecule has 0 radical (unpaired) electrons. The molecule has 0 aliphatic heterocycles. The number of thiophene rings is 1. The van der Waals surface area contributed by atoms with Crippen molar-refractivity contribution in [2.75, 3.05) is 0 Å². The molecule has 4 nitrogen and oxygen atoms in total. The normalized spacial score (nSPS) is 13.8. The summed E-state index contributed by atoms with van der Waals surface area (Å²) in [5, 5.41) is 1.66. The quantitative estimate of drug-likeness (QED) is 0.921. The third-order valence-electron chi connectivity index (χ3n) is 1.77. The summed E-state index contributed by atoms with van der Waals surface area (Å²) in [5.74, 6) is -0.216. The van der Waals surface area contributed by atoms with Crippen molar-refractivity contribution in [2.24, 2.45) is 0 Å². The highest BCUT2D eigenvalue weighted by molar-refractivity contribution is 9.10. The maximum Gasteiger partial charge on any atom is 0.251 e. The molecule has 0 spiro atoms. The van der Waals surface area contributed by atoms with Gasteiger partial charge in [0.1, 0.15) is 9.99 Å². The minimum absolute atomic E-state index is 0.190. The standard InChI is InChI=1S/C8H10BrNO3S2/c1-5(6(2)11)10-15(12,13)8-7(9)3-4-14-8/h3-5,10H,1-2H3. The zero-order valence-corrected chi connectivity index (χ0v) is 11.4. The Labute approximate surface area is 101 Å². The van der Waals surface area contributed by atoms with Crippen LogP contribution in [0.25, 0.3) is 0 Å². The second-order valence-corrected chi connectivity index (χ2v) is 6.69. The van der Waals surface area contributed by atoms with Crippen molar-refractivity contribution in [3.05, 3.63) is 15.9 Å². The van der Waals surface area contributed by atoms with E-state index in [9.17, 15) is 13.2 Å². The summed E-state index contributed by atoms with van der Waals surface area (Å²) in [6.07, 6.45) is 0. The topological polar surface area (TPSA) is 63.2 Å². The predicted octanol–water partition coefficient (Wildman–Crippen LogP) is 1.77. The van der Waals surface area contributed by atoms with Crippen molar-refractivity contribution < 1.29 is 13.2 Å². The van der Waals surface area contributed by atoms with Gasteiger partial charge < -0.3 is 0 Å². The molecule has 1 rings (SSSR count). The lowest BCUT2D eigenvalue weighted by Gasteiger charge is -2.09. The van der Waals surface area contributed by atoms with Crippen LogP contribution in [0, 0.1) is 0 Å². The number of nitrogens with one attached hydrogen (secondary N) is 1. The molecular formula is C8H10BrNO3S2. The summed E-state index contributed by atoms with van der Waals surface area (Å²) in [7, 11) is -3.59. The molecule has 0 aromatic carbocycles. The molecule has 84 valence electrons. The number of ketones is 1.